The van der Waals surface area contributed by atoms with E-state index in [1.54, 1.807) is 42.5 Å². The number of sulfonamides is 1. The quantitative estimate of drug-likeness (QED) is 0.412. The normalized spacial score (nSPS) is 11.2. The Balaban J connectivity index is 1.92. The highest BCUT2D eigenvalue weighted by molar-refractivity contribution is 9.10. The average Bonchev–Trinajstić information content (AvgIpc) is 2.75. The summed E-state index contributed by atoms with van der Waals surface area (Å²) in [7, 11) is -3.94. The van der Waals surface area contributed by atoms with Gasteiger partial charge in [-0.05, 0) is 80.3 Å². The van der Waals surface area contributed by atoms with Crippen LogP contribution in [0.15, 0.2) is 81.0 Å². The Morgan fingerprint density at radius 3 is 2.23 bits per heavy atom. The summed E-state index contributed by atoms with van der Waals surface area (Å²) in [4.78, 5) is 13.9. The van der Waals surface area contributed by atoms with E-state index in [1.807, 2.05) is 44.4 Å². The van der Waals surface area contributed by atoms with Crippen LogP contribution in [0.2, 0.25) is 0 Å². The zero-order valence-electron chi connectivity index (χ0n) is 17.4. The third kappa shape index (κ3) is 5.70. The predicted octanol–water partition coefficient (Wildman–Crippen LogP) is 5.62. The van der Waals surface area contributed by atoms with Crippen LogP contribution in [0.5, 0.6) is 0 Å². The molecular formula is C23H23BrN2O3S2. The van der Waals surface area contributed by atoms with Gasteiger partial charge in [-0.25, -0.2) is 8.42 Å². The molecule has 0 aromatic heterocycles. The first-order valence-corrected chi connectivity index (χ1v) is 13.0. The first-order valence-electron chi connectivity index (χ1n) is 9.50. The molecule has 0 aliphatic carbocycles. The minimum Gasteiger partial charge on any atom is -0.325 e. The molecule has 0 bridgehead atoms. The number of rotatable bonds is 7. The lowest BCUT2D eigenvalue weighted by atomic mass is 10.2. The molecule has 1 amide bonds. The minimum atomic E-state index is -3.94. The van der Waals surface area contributed by atoms with Crippen LogP contribution in [0.1, 0.15) is 11.1 Å². The number of hydrogen-bond donors (Lipinski definition) is 1. The van der Waals surface area contributed by atoms with Crippen LogP contribution >= 0.6 is 27.7 Å². The van der Waals surface area contributed by atoms with Gasteiger partial charge < -0.3 is 5.32 Å². The van der Waals surface area contributed by atoms with E-state index >= 15 is 0 Å². The molecule has 0 aliphatic rings. The summed E-state index contributed by atoms with van der Waals surface area (Å²) in [5, 5.41) is 2.79. The Hall–Kier alpha value is -2.29. The fourth-order valence-corrected chi connectivity index (χ4v) is 5.03. The van der Waals surface area contributed by atoms with Gasteiger partial charge in [-0.1, -0.05) is 33.6 Å². The molecule has 5 nitrogen and oxygen atoms in total. The number of nitrogens with one attached hydrogen (secondary N) is 1. The van der Waals surface area contributed by atoms with E-state index in [0.29, 0.717) is 11.4 Å². The maximum atomic E-state index is 13.4. The zero-order chi connectivity index (χ0) is 22.6. The van der Waals surface area contributed by atoms with Gasteiger partial charge in [0.15, 0.2) is 0 Å². The Morgan fingerprint density at radius 1 is 1.00 bits per heavy atom. The molecule has 0 saturated heterocycles. The van der Waals surface area contributed by atoms with E-state index in [9.17, 15) is 13.2 Å². The number of benzene rings is 3. The van der Waals surface area contributed by atoms with Gasteiger partial charge in [-0.15, -0.1) is 11.8 Å². The van der Waals surface area contributed by atoms with Gasteiger partial charge >= 0.3 is 0 Å². The van der Waals surface area contributed by atoms with Gasteiger partial charge in [0.2, 0.25) is 5.91 Å². The largest absolute Gasteiger partial charge is 0.325 e. The zero-order valence-corrected chi connectivity index (χ0v) is 20.6. The van der Waals surface area contributed by atoms with Crippen molar-refractivity contribution >= 4 is 55.0 Å². The topological polar surface area (TPSA) is 66.5 Å². The van der Waals surface area contributed by atoms with Crippen LogP contribution in [0, 0.1) is 13.8 Å². The third-order valence-electron chi connectivity index (χ3n) is 4.70. The molecule has 0 atom stereocenters. The molecule has 0 heterocycles. The summed E-state index contributed by atoms with van der Waals surface area (Å²) in [6.07, 6.45) is 1.93. The number of thioether (sulfide) groups is 1. The Kier molecular flexibility index (Phi) is 7.46. The molecule has 0 saturated carbocycles. The summed E-state index contributed by atoms with van der Waals surface area (Å²) in [5.74, 6) is -0.424. The van der Waals surface area contributed by atoms with E-state index in [2.05, 4.69) is 21.2 Å². The molecule has 0 spiro atoms. The monoisotopic (exact) mass is 518 g/mol. The summed E-state index contributed by atoms with van der Waals surface area (Å²) in [5.41, 5.74) is 3.01. The Bertz CT molecular complexity index is 1180. The highest BCUT2D eigenvalue weighted by Gasteiger charge is 2.27. The second kappa shape index (κ2) is 9.89. The molecule has 0 radical (unpaired) electrons. The van der Waals surface area contributed by atoms with Crippen molar-refractivity contribution in [1.29, 1.82) is 0 Å². The molecule has 1 N–H and O–H groups in total. The van der Waals surface area contributed by atoms with E-state index in [0.717, 1.165) is 24.8 Å². The first kappa shape index (κ1) is 23.4. The summed E-state index contributed by atoms with van der Waals surface area (Å²) >= 11 is 4.97. The molecule has 31 heavy (non-hydrogen) atoms. The number of halogens is 1. The van der Waals surface area contributed by atoms with Gasteiger partial charge in [0.25, 0.3) is 10.0 Å². The molecule has 8 heteroatoms. The molecule has 162 valence electrons. The van der Waals surface area contributed by atoms with E-state index in [1.165, 1.54) is 11.8 Å². The Labute approximate surface area is 196 Å². The van der Waals surface area contributed by atoms with E-state index < -0.39 is 15.9 Å². The van der Waals surface area contributed by atoms with Gasteiger partial charge in [-0.3, -0.25) is 9.10 Å². The van der Waals surface area contributed by atoms with Crippen LogP contribution in [0.3, 0.4) is 0 Å². The van der Waals surface area contributed by atoms with Crippen LogP contribution in [-0.2, 0) is 14.8 Å². The average molecular weight is 519 g/mol. The van der Waals surface area contributed by atoms with Crippen molar-refractivity contribution < 1.29 is 13.2 Å². The standard InChI is InChI=1S/C23H23BrN2O3S2/c1-16-4-7-19(8-5-16)26(31(28,29)21-11-9-20(30-3)10-12-21)15-23(27)25-18-6-13-22(24)17(2)14-18/h4-14H,15H2,1-3H3,(H,25,27). The second-order valence-electron chi connectivity index (χ2n) is 7.03. The van der Waals surface area contributed by atoms with Gasteiger partial charge in [0, 0.05) is 15.1 Å². The molecule has 3 aromatic rings. The lowest BCUT2D eigenvalue weighted by molar-refractivity contribution is -0.114. The molecule has 3 aromatic carbocycles. The summed E-state index contributed by atoms with van der Waals surface area (Å²) < 4.78 is 28.9. The Morgan fingerprint density at radius 2 is 1.65 bits per heavy atom. The van der Waals surface area contributed by atoms with Crippen LogP contribution in [-0.4, -0.2) is 27.1 Å². The van der Waals surface area contributed by atoms with Gasteiger partial charge in [-0.2, -0.15) is 0 Å². The molecule has 0 unspecified atom stereocenters. The number of amides is 1. The van der Waals surface area contributed by atoms with Crippen molar-refractivity contribution in [3.05, 3.63) is 82.3 Å². The number of hydrogen-bond acceptors (Lipinski definition) is 4. The lowest BCUT2D eigenvalue weighted by Crippen LogP contribution is -2.38. The second-order valence-corrected chi connectivity index (χ2v) is 10.6. The summed E-state index contributed by atoms with van der Waals surface area (Å²) in [6, 6.07) is 19.2. The maximum Gasteiger partial charge on any atom is 0.264 e. The first-order chi connectivity index (χ1) is 14.7. The SMILES string of the molecule is CSc1ccc(S(=O)(=O)N(CC(=O)Nc2ccc(Br)c(C)c2)c2ccc(C)cc2)cc1. The molecule has 0 fully saturated rings. The molecule has 0 aliphatic heterocycles. The lowest BCUT2D eigenvalue weighted by Gasteiger charge is -2.24. The van der Waals surface area contributed by atoms with Crippen LogP contribution < -0.4 is 9.62 Å². The van der Waals surface area contributed by atoms with Crippen molar-refractivity contribution in [1.82, 2.24) is 0 Å². The fourth-order valence-electron chi connectivity index (χ4n) is 2.95. The van der Waals surface area contributed by atoms with Crippen molar-refractivity contribution in [3.8, 4) is 0 Å². The van der Waals surface area contributed by atoms with Crippen LogP contribution in [0.4, 0.5) is 11.4 Å². The molecule has 3 rings (SSSR count). The van der Waals surface area contributed by atoms with E-state index in [-0.39, 0.29) is 11.4 Å². The van der Waals surface area contributed by atoms with Crippen molar-refractivity contribution in [2.24, 2.45) is 0 Å². The summed E-state index contributed by atoms with van der Waals surface area (Å²) in [6.45, 7) is 3.50. The van der Waals surface area contributed by atoms with Gasteiger partial charge in [0.05, 0.1) is 10.6 Å². The maximum absolute atomic E-state index is 13.4. The third-order valence-corrected chi connectivity index (χ3v) is 8.12. The smallest absolute Gasteiger partial charge is 0.264 e. The highest BCUT2D eigenvalue weighted by Crippen LogP contribution is 2.26. The number of anilines is 2. The number of carbonyl (C=O) groups excluding carboxylic acids is 1. The van der Waals surface area contributed by atoms with Crippen molar-refractivity contribution in [2.45, 2.75) is 23.6 Å². The van der Waals surface area contributed by atoms with E-state index in [4.69, 9.17) is 0 Å². The van der Waals surface area contributed by atoms with Crippen molar-refractivity contribution in [3.63, 3.8) is 0 Å². The minimum absolute atomic E-state index is 0.137. The van der Waals surface area contributed by atoms with Gasteiger partial charge in [0.1, 0.15) is 6.54 Å². The predicted molar refractivity (Wildman–Crippen MR) is 131 cm³/mol. The van der Waals surface area contributed by atoms with Crippen molar-refractivity contribution in [2.75, 3.05) is 22.4 Å². The highest BCUT2D eigenvalue weighted by atomic mass is 79.9. The number of nitrogens with zero attached hydrogens (tertiary/aromatic N) is 1. The number of aryl methyl sites for hydroxylation is 2. The fraction of sp³-hybridized carbons (Fsp3) is 0.174. The van der Waals surface area contributed by atoms with Crippen LogP contribution in [0.25, 0.3) is 0 Å². The molecular weight excluding hydrogens is 496 g/mol. The number of carbonyl (C=O) groups is 1.